The topological polar surface area (TPSA) is 79.3 Å². The summed E-state index contributed by atoms with van der Waals surface area (Å²) >= 11 is 4.85. The largest absolute Gasteiger partial charge is 0.480 e. The highest BCUT2D eigenvalue weighted by molar-refractivity contribution is 9.10. The summed E-state index contributed by atoms with van der Waals surface area (Å²) in [5.41, 5.74) is 1.60. The van der Waals surface area contributed by atoms with Crippen LogP contribution in [0, 0.1) is 0 Å². The molecule has 1 aromatic carbocycles. The van der Waals surface area contributed by atoms with Crippen LogP contribution < -0.4 is 5.32 Å². The lowest BCUT2D eigenvalue weighted by molar-refractivity contribution is -0.141. The van der Waals surface area contributed by atoms with Crippen LogP contribution in [-0.2, 0) is 16.0 Å². The van der Waals surface area contributed by atoms with E-state index in [1.54, 1.807) is 5.38 Å². The molecule has 2 rings (SSSR count). The highest BCUT2D eigenvalue weighted by Gasteiger charge is 2.15. The molecule has 5 nitrogen and oxygen atoms in total. The molecule has 0 fully saturated rings. The van der Waals surface area contributed by atoms with Crippen LogP contribution in [0.3, 0.4) is 0 Å². The maximum absolute atomic E-state index is 11.7. The Hall–Kier alpha value is -1.73. The molecule has 0 bridgehead atoms. The number of aliphatic carboxylic acids is 1. The Kier molecular flexibility index (Phi) is 5.08. The zero-order valence-corrected chi connectivity index (χ0v) is 13.6. The molecular formula is C14H13BrN2O3S. The number of nitrogens with zero attached hydrogens (tertiary/aromatic N) is 1. The van der Waals surface area contributed by atoms with E-state index in [9.17, 15) is 9.59 Å². The van der Waals surface area contributed by atoms with Gasteiger partial charge >= 0.3 is 5.97 Å². The fourth-order valence-corrected chi connectivity index (χ4v) is 2.88. The van der Waals surface area contributed by atoms with E-state index < -0.39 is 12.0 Å². The summed E-state index contributed by atoms with van der Waals surface area (Å²) < 4.78 is 0.963. The Bertz CT molecular complexity index is 672. The van der Waals surface area contributed by atoms with E-state index in [4.69, 9.17) is 5.11 Å². The standard InChI is InChI=1S/C14H13BrN2O3S/c1-8(14(19)20)16-12(18)6-11-7-21-13(17-11)9-3-2-4-10(15)5-9/h2-5,7-8H,6H2,1H3,(H,16,18)(H,19,20)/t8-/m0/s1. The second-order valence-corrected chi connectivity index (χ2v) is 6.23. The number of thiazole rings is 1. The number of benzene rings is 1. The van der Waals surface area contributed by atoms with Crippen LogP contribution in [0.5, 0.6) is 0 Å². The van der Waals surface area contributed by atoms with Gasteiger partial charge in [0.2, 0.25) is 5.91 Å². The molecule has 0 unspecified atom stereocenters. The third kappa shape index (κ3) is 4.37. The first-order valence-corrected chi connectivity index (χ1v) is 7.85. The van der Waals surface area contributed by atoms with E-state index in [0.29, 0.717) is 5.69 Å². The SMILES string of the molecule is C[C@H](NC(=O)Cc1csc(-c2cccc(Br)c2)n1)C(=O)O. The number of aromatic nitrogens is 1. The molecule has 0 saturated heterocycles. The summed E-state index contributed by atoms with van der Waals surface area (Å²) in [7, 11) is 0. The number of carboxylic acids is 1. The lowest BCUT2D eigenvalue weighted by atomic mass is 10.2. The molecule has 0 saturated carbocycles. The molecular weight excluding hydrogens is 356 g/mol. The molecule has 1 atom stereocenters. The molecule has 0 aliphatic rings. The fraction of sp³-hybridized carbons (Fsp3) is 0.214. The number of carbonyl (C=O) groups excluding carboxylic acids is 1. The second-order valence-electron chi connectivity index (χ2n) is 4.46. The Morgan fingerprint density at radius 3 is 2.90 bits per heavy atom. The Morgan fingerprint density at radius 2 is 2.24 bits per heavy atom. The van der Waals surface area contributed by atoms with Gasteiger partial charge < -0.3 is 10.4 Å². The van der Waals surface area contributed by atoms with E-state index >= 15 is 0 Å². The van der Waals surface area contributed by atoms with Crippen molar-refractivity contribution in [1.29, 1.82) is 0 Å². The Labute approximate surface area is 134 Å². The van der Waals surface area contributed by atoms with Gasteiger partial charge in [-0.2, -0.15) is 0 Å². The van der Waals surface area contributed by atoms with Gasteiger partial charge in [-0.1, -0.05) is 28.1 Å². The molecule has 0 aliphatic heterocycles. The van der Waals surface area contributed by atoms with Crippen molar-refractivity contribution >= 4 is 39.1 Å². The molecule has 0 aliphatic carbocycles. The number of carbonyl (C=O) groups is 2. The maximum atomic E-state index is 11.7. The van der Waals surface area contributed by atoms with Gasteiger partial charge in [0.25, 0.3) is 0 Å². The monoisotopic (exact) mass is 368 g/mol. The van der Waals surface area contributed by atoms with Crippen LogP contribution in [-0.4, -0.2) is 28.0 Å². The molecule has 21 heavy (non-hydrogen) atoms. The van der Waals surface area contributed by atoms with Crippen molar-refractivity contribution in [2.24, 2.45) is 0 Å². The minimum Gasteiger partial charge on any atom is -0.480 e. The van der Waals surface area contributed by atoms with Gasteiger partial charge in [-0.05, 0) is 19.1 Å². The number of rotatable bonds is 5. The van der Waals surface area contributed by atoms with E-state index in [0.717, 1.165) is 15.0 Å². The summed E-state index contributed by atoms with van der Waals surface area (Å²) in [5.74, 6) is -1.41. The molecule has 0 spiro atoms. The smallest absolute Gasteiger partial charge is 0.325 e. The van der Waals surface area contributed by atoms with Gasteiger partial charge in [-0.15, -0.1) is 11.3 Å². The number of amides is 1. The van der Waals surface area contributed by atoms with Crippen LogP contribution in [0.25, 0.3) is 10.6 Å². The second kappa shape index (κ2) is 6.82. The van der Waals surface area contributed by atoms with Gasteiger partial charge in [0.1, 0.15) is 11.0 Å². The number of halogens is 1. The Balaban J connectivity index is 2.03. The van der Waals surface area contributed by atoms with Gasteiger partial charge in [0, 0.05) is 15.4 Å². The summed E-state index contributed by atoms with van der Waals surface area (Å²) in [6.07, 6.45) is 0.0716. The molecule has 2 N–H and O–H groups in total. The Morgan fingerprint density at radius 1 is 1.48 bits per heavy atom. The fourth-order valence-electron chi connectivity index (χ4n) is 1.66. The minimum absolute atomic E-state index is 0.0716. The van der Waals surface area contributed by atoms with E-state index in [-0.39, 0.29) is 12.3 Å². The maximum Gasteiger partial charge on any atom is 0.325 e. The van der Waals surface area contributed by atoms with Crippen molar-refractivity contribution in [3.8, 4) is 10.6 Å². The first-order valence-electron chi connectivity index (χ1n) is 6.18. The normalized spacial score (nSPS) is 11.9. The number of carboxylic acid groups (broad SMARTS) is 1. The zero-order chi connectivity index (χ0) is 15.4. The number of hydrogen-bond acceptors (Lipinski definition) is 4. The molecule has 2 aromatic rings. The third-order valence-corrected chi connectivity index (χ3v) is 4.15. The van der Waals surface area contributed by atoms with Crippen LogP contribution >= 0.6 is 27.3 Å². The molecule has 1 amide bonds. The lowest BCUT2D eigenvalue weighted by Gasteiger charge is -2.07. The average molecular weight is 369 g/mol. The predicted octanol–water partition coefficient (Wildman–Crippen LogP) is 2.70. The lowest BCUT2D eigenvalue weighted by Crippen LogP contribution is -2.39. The van der Waals surface area contributed by atoms with Crippen molar-refractivity contribution in [1.82, 2.24) is 10.3 Å². The predicted molar refractivity (Wildman–Crippen MR) is 84.2 cm³/mol. The minimum atomic E-state index is -1.06. The summed E-state index contributed by atoms with van der Waals surface area (Å²) in [6, 6.07) is 6.84. The van der Waals surface area contributed by atoms with Crippen LogP contribution in [0.2, 0.25) is 0 Å². The van der Waals surface area contributed by atoms with Crippen LogP contribution in [0.4, 0.5) is 0 Å². The van der Waals surface area contributed by atoms with Crippen molar-refractivity contribution in [2.75, 3.05) is 0 Å². The van der Waals surface area contributed by atoms with Crippen molar-refractivity contribution in [3.63, 3.8) is 0 Å². The average Bonchev–Trinajstić information content (AvgIpc) is 2.86. The first-order chi connectivity index (χ1) is 9.95. The van der Waals surface area contributed by atoms with Crippen molar-refractivity contribution in [3.05, 3.63) is 39.8 Å². The van der Waals surface area contributed by atoms with Gasteiger partial charge in [-0.3, -0.25) is 9.59 Å². The van der Waals surface area contributed by atoms with E-state index in [1.807, 2.05) is 24.3 Å². The van der Waals surface area contributed by atoms with E-state index in [2.05, 4.69) is 26.2 Å². The zero-order valence-electron chi connectivity index (χ0n) is 11.2. The van der Waals surface area contributed by atoms with E-state index in [1.165, 1.54) is 18.3 Å². The van der Waals surface area contributed by atoms with Gasteiger partial charge in [-0.25, -0.2) is 4.98 Å². The molecule has 110 valence electrons. The van der Waals surface area contributed by atoms with Crippen LogP contribution in [0.1, 0.15) is 12.6 Å². The van der Waals surface area contributed by atoms with Crippen LogP contribution in [0.15, 0.2) is 34.1 Å². The highest BCUT2D eigenvalue weighted by Crippen LogP contribution is 2.26. The van der Waals surface area contributed by atoms with Gasteiger partial charge in [0.05, 0.1) is 12.1 Å². The third-order valence-electron chi connectivity index (χ3n) is 2.71. The molecule has 0 radical (unpaired) electrons. The molecule has 7 heteroatoms. The summed E-state index contributed by atoms with van der Waals surface area (Å²) in [4.78, 5) is 26.8. The quantitative estimate of drug-likeness (QED) is 0.850. The number of hydrogen-bond donors (Lipinski definition) is 2. The molecule has 1 heterocycles. The molecule has 1 aromatic heterocycles. The highest BCUT2D eigenvalue weighted by atomic mass is 79.9. The van der Waals surface area contributed by atoms with Gasteiger partial charge in [0.15, 0.2) is 0 Å². The number of nitrogens with one attached hydrogen (secondary N) is 1. The summed E-state index contributed by atoms with van der Waals surface area (Å²) in [6.45, 7) is 1.42. The summed E-state index contributed by atoms with van der Waals surface area (Å²) in [5, 5.41) is 13.8. The first kappa shape index (κ1) is 15.7. The van der Waals surface area contributed by atoms with Crippen molar-refractivity contribution in [2.45, 2.75) is 19.4 Å². The van der Waals surface area contributed by atoms with Crippen molar-refractivity contribution < 1.29 is 14.7 Å².